The van der Waals surface area contributed by atoms with Gasteiger partial charge in [-0.15, -0.1) is 0 Å². The first-order chi connectivity index (χ1) is 9.67. The predicted molar refractivity (Wildman–Crippen MR) is 78.2 cm³/mol. The zero-order chi connectivity index (χ0) is 14.1. The summed E-state index contributed by atoms with van der Waals surface area (Å²) in [6.07, 6.45) is 1.49. The number of amides is 1. The Bertz CT molecular complexity index is 693. The van der Waals surface area contributed by atoms with E-state index in [1.165, 1.54) is 0 Å². The maximum atomic E-state index is 12.4. The van der Waals surface area contributed by atoms with Crippen LogP contribution in [0.25, 0.3) is 11.0 Å². The molecule has 3 rings (SSSR count). The lowest BCUT2D eigenvalue weighted by molar-refractivity contribution is 0.0677. The largest absolute Gasteiger partial charge is 0.451 e. The van der Waals surface area contributed by atoms with Crippen LogP contribution in [0, 0.1) is 17.2 Å². The number of rotatable bonds is 1. The molecule has 0 unspecified atom stereocenters. The van der Waals surface area contributed by atoms with Gasteiger partial charge in [-0.05, 0) is 37.1 Å². The molecule has 0 aliphatic carbocycles. The average Bonchev–Trinajstić information content (AvgIpc) is 2.89. The van der Waals surface area contributed by atoms with Crippen LogP contribution in [0.2, 0.25) is 0 Å². The van der Waals surface area contributed by atoms with Gasteiger partial charge in [0.15, 0.2) is 5.76 Å². The Morgan fingerprint density at radius 3 is 2.80 bits per heavy atom. The number of hydrogen-bond acceptors (Lipinski definition) is 3. The number of hydrogen-bond donors (Lipinski definition) is 0. The Hall–Kier alpha value is -1.80. The molecular formula is C15H13BrN2O2. The van der Waals surface area contributed by atoms with Gasteiger partial charge >= 0.3 is 0 Å². The summed E-state index contributed by atoms with van der Waals surface area (Å²) < 4.78 is 6.57. The van der Waals surface area contributed by atoms with E-state index in [0.29, 0.717) is 24.4 Å². The first-order valence-corrected chi connectivity index (χ1v) is 7.34. The summed E-state index contributed by atoms with van der Waals surface area (Å²) in [5, 5.41) is 9.79. The number of benzene rings is 1. The van der Waals surface area contributed by atoms with Crippen molar-refractivity contribution in [2.24, 2.45) is 5.92 Å². The fourth-order valence-electron chi connectivity index (χ4n) is 2.49. The lowest BCUT2D eigenvalue weighted by Gasteiger charge is -2.28. The Morgan fingerprint density at radius 2 is 2.10 bits per heavy atom. The van der Waals surface area contributed by atoms with Gasteiger partial charge in [-0.2, -0.15) is 5.26 Å². The van der Waals surface area contributed by atoms with Gasteiger partial charge in [0.1, 0.15) is 5.58 Å². The van der Waals surface area contributed by atoms with E-state index in [2.05, 4.69) is 22.0 Å². The van der Waals surface area contributed by atoms with Crippen LogP contribution in [0.3, 0.4) is 0 Å². The second-order valence-corrected chi connectivity index (χ2v) is 5.90. The van der Waals surface area contributed by atoms with Crippen molar-refractivity contribution >= 4 is 32.8 Å². The number of carbonyl (C=O) groups excluding carboxylic acids is 1. The average molecular weight is 333 g/mol. The van der Waals surface area contributed by atoms with E-state index >= 15 is 0 Å². The maximum Gasteiger partial charge on any atom is 0.289 e. The smallest absolute Gasteiger partial charge is 0.289 e. The summed E-state index contributed by atoms with van der Waals surface area (Å²) in [4.78, 5) is 14.2. The van der Waals surface area contributed by atoms with Crippen molar-refractivity contribution in [3.63, 3.8) is 0 Å². The first-order valence-electron chi connectivity index (χ1n) is 6.55. The Labute approximate surface area is 125 Å². The standard InChI is InChI=1S/C15H13BrN2O2/c16-12-1-2-13-11(7-12)8-14(20-13)15(19)18-5-3-10(9-17)4-6-18/h1-2,7-8,10H,3-6H2. The molecule has 4 nitrogen and oxygen atoms in total. The van der Waals surface area contributed by atoms with Gasteiger partial charge in [0.25, 0.3) is 5.91 Å². The zero-order valence-corrected chi connectivity index (χ0v) is 12.4. The molecule has 2 heterocycles. The minimum Gasteiger partial charge on any atom is -0.451 e. The van der Waals surface area contributed by atoms with E-state index < -0.39 is 0 Å². The van der Waals surface area contributed by atoms with Crippen LogP contribution in [0.5, 0.6) is 0 Å². The summed E-state index contributed by atoms with van der Waals surface area (Å²) in [5.41, 5.74) is 0.712. The van der Waals surface area contributed by atoms with Gasteiger partial charge in [0.2, 0.25) is 0 Å². The molecule has 1 aromatic heterocycles. The summed E-state index contributed by atoms with van der Waals surface area (Å²) in [6.45, 7) is 1.25. The van der Waals surface area contributed by atoms with Gasteiger partial charge in [0, 0.05) is 28.9 Å². The van der Waals surface area contributed by atoms with Gasteiger partial charge in [-0.25, -0.2) is 0 Å². The molecule has 0 atom stereocenters. The molecule has 5 heteroatoms. The number of halogens is 1. The van der Waals surface area contributed by atoms with Crippen molar-refractivity contribution in [3.05, 3.63) is 34.5 Å². The van der Waals surface area contributed by atoms with Gasteiger partial charge in [-0.3, -0.25) is 4.79 Å². The molecule has 0 N–H and O–H groups in total. The number of fused-ring (bicyclic) bond motifs is 1. The zero-order valence-electron chi connectivity index (χ0n) is 10.8. The quantitative estimate of drug-likeness (QED) is 0.802. The minimum absolute atomic E-state index is 0.0747. The monoisotopic (exact) mass is 332 g/mol. The molecule has 2 aromatic rings. The van der Waals surface area contributed by atoms with Crippen LogP contribution in [-0.2, 0) is 0 Å². The summed E-state index contributed by atoms with van der Waals surface area (Å²) >= 11 is 3.40. The molecule has 0 saturated carbocycles. The van der Waals surface area contributed by atoms with Crippen LogP contribution in [0.4, 0.5) is 0 Å². The second kappa shape index (κ2) is 5.29. The number of likely N-dealkylation sites (tertiary alicyclic amines) is 1. The number of furan rings is 1. The van der Waals surface area contributed by atoms with Crippen LogP contribution in [0.1, 0.15) is 23.4 Å². The van der Waals surface area contributed by atoms with Gasteiger partial charge in [-0.1, -0.05) is 15.9 Å². The summed E-state index contributed by atoms with van der Waals surface area (Å²) in [5.74, 6) is 0.355. The van der Waals surface area contributed by atoms with Crippen molar-refractivity contribution in [2.45, 2.75) is 12.8 Å². The van der Waals surface area contributed by atoms with Crippen LogP contribution < -0.4 is 0 Å². The van der Waals surface area contributed by atoms with E-state index in [-0.39, 0.29) is 11.8 Å². The molecule has 1 aliphatic heterocycles. The van der Waals surface area contributed by atoms with E-state index in [1.54, 1.807) is 11.0 Å². The number of nitriles is 1. The third-order valence-electron chi connectivity index (χ3n) is 3.65. The van der Waals surface area contributed by atoms with Gasteiger partial charge in [0.05, 0.1) is 6.07 Å². The lowest BCUT2D eigenvalue weighted by atomic mass is 9.98. The molecule has 1 aliphatic rings. The fraction of sp³-hybridized carbons (Fsp3) is 0.333. The van der Waals surface area contributed by atoms with Crippen molar-refractivity contribution in [2.75, 3.05) is 13.1 Å². The Balaban J connectivity index is 1.81. The van der Waals surface area contributed by atoms with Crippen molar-refractivity contribution in [3.8, 4) is 6.07 Å². The van der Waals surface area contributed by atoms with E-state index in [9.17, 15) is 4.79 Å². The highest BCUT2D eigenvalue weighted by atomic mass is 79.9. The molecule has 0 bridgehead atoms. The fourth-order valence-corrected chi connectivity index (χ4v) is 2.87. The van der Waals surface area contributed by atoms with E-state index in [0.717, 1.165) is 22.7 Å². The van der Waals surface area contributed by atoms with Gasteiger partial charge < -0.3 is 9.32 Å². The van der Waals surface area contributed by atoms with Crippen LogP contribution in [-0.4, -0.2) is 23.9 Å². The Morgan fingerprint density at radius 1 is 1.35 bits per heavy atom. The molecule has 102 valence electrons. The third kappa shape index (κ3) is 2.44. The van der Waals surface area contributed by atoms with E-state index in [4.69, 9.17) is 9.68 Å². The highest BCUT2D eigenvalue weighted by Crippen LogP contribution is 2.25. The normalized spacial score (nSPS) is 16.3. The van der Waals surface area contributed by atoms with E-state index in [1.807, 2.05) is 18.2 Å². The maximum absolute atomic E-state index is 12.4. The van der Waals surface area contributed by atoms with Crippen LogP contribution in [0.15, 0.2) is 33.2 Å². The van der Waals surface area contributed by atoms with Crippen molar-refractivity contribution in [1.82, 2.24) is 4.90 Å². The molecular weight excluding hydrogens is 320 g/mol. The SMILES string of the molecule is N#CC1CCN(C(=O)c2cc3cc(Br)ccc3o2)CC1. The molecule has 0 radical (unpaired) electrons. The van der Waals surface area contributed by atoms with Crippen molar-refractivity contribution in [1.29, 1.82) is 5.26 Å². The highest BCUT2D eigenvalue weighted by Gasteiger charge is 2.25. The third-order valence-corrected chi connectivity index (χ3v) is 4.15. The van der Waals surface area contributed by atoms with Crippen LogP contribution >= 0.6 is 15.9 Å². The van der Waals surface area contributed by atoms with Crippen molar-refractivity contribution < 1.29 is 9.21 Å². The second-order valence-electron chi connectivity index (χ2n) is 4.99. The molecule has 1 saturated heterocycles. The topological polar surface area (TPSA) is 57.2 Å². The summed E-state index contributed by atoms with van der Waals surface area (Å²) in [6, 6.07) is 9.70. The number of piperidine rings is 1. The molecule has 0 spiro atoms. The predicted octanol–water partition coefficient (Wildman–Crippen LogP) is 3.57. The molecule has 1 aromatic carbocycles. The molecule has 1 fully saturated rings. The number of carbonyl (C=O) groups is 1. The lowest BCUT2D eigenvalue weighted by Crippen LogP contribution is -2.38. The first kappa shape index (κ1) is 13.2. The summed E-state index contributed by atoms with van der Waals surface area (Å²) in [7, 11) is 0. The molecule has 20 heavy (non-hydrogen) atoms. The highest BCUT2D eigenvalue weighted by molar-refractivity contribution is 9.10. The number of nitrogens with zero attached hydrogens (tertiary/aromatic N) is 2. The Kier molecular flexibility index (Phi) is 3.49. The molecule has 1 amide bonds. The minimum atomic E-state index is -0.0892.